The molecule has 116 valence electrons. The van der Waals surface area contributed by atoms with Gasteiger partial charge >= 0.3 is 0 Å². The van der Waals surface area contributed by atoms with Gasteiger partial charge in [0.25, 0.3) is 0 Å². The zero-order valence-electron chi connectivity index (χ0n) is 12.6. The van der Waals surface area contributed by atoms with Gasteiger partial charge in [-0.05, 0) is 44.2 Å². The molecule has 0 radical (unpaired) electrons. The normalized spacial score (nSPS) is 26.4. The van der Waals surface area contributed by atoms with Crippen LogP contribution in [0.2, 0.25) is 5.02 Å². The molecule has 1 aliphatic heterocycles. The first-order chi connectivity index (χ1) is 10.2. The van der Waals surface area contributed by atoms with Gasteiger partial charge in [0.2, 0.25) is 0 Å². The average Bonchev–Trinajstić information content (AvgIpc) is 2.51. The Morgan fingerprint density at radius 2 is 2.00 bits per heavy atom. The van der Waals surface area contributed by atoms with Crippen molar-refractivity contribution in [3.05, 3.63) is 22.7 Å². The molecule has 1 N–H and O–H groups in total. The first-order valence-electron chi connectivity index (χ1n) is 7.98. The SMILES string of the molecule is COc1cc(Cl)cc(CN2CCCC3CCCCC32)c1O. The number of piperidine rings is 1. The number of nitrogens with zero attached hydrogens (tertiary/aromatic N) is 1. The molecule has 3 nitrogen and oxygen atoms in total. The van der Waals surface area contributed by atoms with Crippen molar-refractivity contribution in [1.29, 1.82) is 0 Å². The van der Waals surface area contributed by atoms with Crippen LogP contribution in [0.4, 0.5) is 0 Å². The molecule has 2 aliphatic rings. The number of benzene rings is 1. The van der Waals surface area contributed by atoms with Gasteiger partial charge in [-0.15, -0.1) is 0 Å². The van der Waals surface area contributed by atoms with Crippen molar-refractivity contribution in [2.75, 3.05) is 13.7 Å². The molecule has 0 aromatic heterocycles. The topological polar surface area (TPSA) is 32.7 Å². The Morgan fingerprint density at radius 3 is 2.81 bits per heavy atom. The van der Waals surface area contributed by atoms with Crippen LogP contribution in [-0.2, 0) is 6.54 Å². The summed E-state index contributed by atoms with van der Waals surface area (Å²) >= 11 is 6.15. The maximum Gasteiger partial charge on any atom is 0.162 e. The number of phenols is 1. The minimum Gasteiger partial charge on any atom is -0.504 e. The number of hydrogen-bond donors (Lipinski definition) is 1. The number of ether oxygens (including phenoxy) is 1. The molecule has 1 saturated heterocycles. The fourth-order valence-corrected chi connectivity index (χ4v) is 4.28. The zero-order valence-corrected chi connectivity index (χ0v) is 13.4. The molecule has 1 aromatic rings. The lowest BCUT2D eigenvalue weighted by atomic mass is 9.78. The Hall–Kier alpha value is -0.930. The van der Waals surface area contributed by atoms with Gasteiger partial charge in [-0.1, -0.05) is 24.4 Å². The Morgan fingerprint density at radius 1 is 1.24 bits per heavy atom. The van der Waals surface area contributed by atoms with E-state index in [1.807, 2.05) is 6.07 Å². The number of likely N-dealkylation sites (tertiary alicyclic amines) is 1. The Kier molecular flexibility index (Phi) is 4.60. The summed E-state index contributed by atoms with van der Waals surface area (Å²) < 4.78 is 5.21. The van der Waals surface area contributed by atoms with Gasteiger partial charge in [0.1, 0.15) is 0 Å². The number of halogens is 1. The quantitative estimate of drug-likeness (QED) is 0.908. The monoisotopic (exact) mass is 309 g/mol. The van der Waals surface area contributed by atoms with Crippen LogP contribution >= 0.6 is 11.6 Å². The third kappa shape index (κ3) is 3.14. The molecule has 4 heteroatoms. The van der Waals surface area contributed by atoms with Crippen molar-refractivity contribution in [1.82, 2.24) is 4.90 Å². The van der Waals surface area contributed by atoms with Gasteiger partial charge in [-0.2, -0.15) is 0 Å². The van der Waals surface area contributed by atoms with E-state index in [9.17, 15) is 5.11 Å². The summed E-state index contributed by atoms with van der Waals surface area (Å²) in [6.45, 7) is 1.89. The number of fused-ring (bicyclic) bond motifs is 1. The van der Waals surface area contributed by atoms with Crippen LogP contribution in [0.15, 0.2) is 12.1 Å². The van der Waals surface area contributed by atoms with Crippen molar-refractivity contribution in [2.45, 2.75) is 51.1 Å². The van der Waals surface area contributed by atoms with Gasteiger partial charge < -0.3 is 9.84 Å². The molecule has 1 heterocycles. The molecular formula is C17H24ClNO2. The van der Waals surface area contributed by atoms with Crippen LogP contribution in [-0.4, -0.2) is 29.7 Å². The van der Waals surface area contributed by atoms with Crippen LogP contribution in [0.1, 0.15) is 44.1 Å². The lowest BCUT2D eigenvalue weighted by molar-refractivity contribution is 0.0541. The third-order valence-electron chi connectivity index (χ3n) is 5.07. The number of aromatic hydroxyl groups is 1. The number of rotatable bonds is 3. The minimum atomic E-state index is 0.236. The first kappa shape index (κ1) is 15.0. The number of hydrogen-bond acceptors (Lipinski definition) is 3. The zero-order chi connectivity index (χ0) is 14.8. The van der Waals surface area contributed by atoms with Crippen molar-refractivity contribution in [2.24, 2.45) is 5.92 Å². The van der Waals surface area contributed by atoms with Crippen LogP contribution < -0.4 is 4.74 Å². The third-order valence-corrected chi connectivity index (χ3v) is 5.29. The summed E-state index contributed by atoms with van der Waals surface area (Å²) in [6, 6.07) is 4.21. The Bertz CT molecular complexity index is 504. The van der Waals surface area contributed by atoms with Crippen LogP contribution in [0.25, 0.3) is 0 Å². The highest BCUT2D eigenvalue weighted by molar-refractivity contribution is 6.30. The fraction of sp³-hybridized carbons (Fsp3) is 0.647. The van der Waals surface area contributed by atoms with Crippen molar-refractivity contribution in [3.63, 3.8) is 0 Å². The van der Waals surface area contributed by atoms with Crippen molar-refractivity contribution >= 4 is 11.6 Å². The predicted molar refractivity (Wildman–Crippen MR) is 85.1 cm³/mol. The van der Waals surface area contributed by atoms with E-state index < -0.39 is 0 Å². The van der Waals surface area contributed by atoms with Gasteiger partial charge in [-0.3, -0.25) is 4.90 Å². The lowest BCUT2D eigenvalue weighted by Gasteiger charge is -2.44. The van der Waals surface area contributed by atoms with E-state index in [4.69, 9.17) is 16.3 Å². The first-order valence-corrected chi connectivity index (χ1v) is 8.36. The molecule has 0 amide bonds. The van der Waals surface area contributed by atoms with Crippen molar-refractivity contribution < 1.29 is 9.84 Å². The number of methoxy groups -OCH3 is 1. The van der Waals surface area contributed by atoms with E-state index in [1.54, 1.807) is 13.2 Å². The summed E-state index contributed by atoms with van der Waals surface area (Å²) in [5.41, 5.74) is 0.880. The van der Waals surface area contributed by atoms with E-state index in [2.05, 4.69) is 4.90 Å². The van der Waals surface area contributed by atoms with Gasteiger partial charge in [-0.25, -0.2) is 0 Å². The highest BCUT2D eigenvalue weighted by Gasteiger charge is 2.33. The molecule has 1 saturated carbocycles. The van der Waals surface area contributed by atoms with E-state index in [1.165, 1.54) is 38.5 Å². The smallest absolute Gasteiger partial charge is 0.162 e. The summed E-state index contributed by atoms with van der Waals surface area (Å²) in [5.74, 6) is 1.55. The van der Waals surface area contributed by atoms with Crippen LogP contribution in [0.3, 0.4) is 0 Å². The molecule has 1 aliphatic carbocycles. The highest BCUT2D eigenvalue weighted by atomic mass is 35.5. The van der Waals surface area contributed by atoms with Gasteiger partial charge in [0, 0.05) is 29.2 Å². The fourth-order valence-electron chi connectivity index (χ4n) is 4.05. The maximum atomic E-state index is 10.3. The Balaban J connectivity index is 1.80. The van der Waals surface area contributed by atoms with Crippen LogP contribution in [0.5, 0.6) is 11.5 Å². The molecule has 2 fully saturated rings. The molecular weight excluding hydrogens is 286 g/mol. The van der Waals surface area contributed by atoms with E-state index in [0.717, 1.165) is 24.6 Å². The molecule has 3 rings (SSSR count). The van der Waals surface area contributed by atoms with Gasteiger partial charge in [0.05, 0.1) is 7.11 Å². The van der Waals surface area contributed by atoms with E-state index in [0.29, 0.717) is 16.8 Å². The van der Waals surface area contributed by atoms with E-state index in [-0.39, 0.29) is 5.75 Å². The predicted octanol–water partition coefficient (Wildman–Crippen LogP) is 4.21. The number of phenolic OH excluding ortho intramolecular Hbond substituents is 1. The molecule has 21 heavy (non-hydrogen) atoms. The molecule has 0 spiro atoms. The second-order valence-electron chi connectivity index (χ2n) is 6.34. The second kappa shape index (κ2) is 6.45. The minimum absolute atomic E-state index is 0.236. The summed E-state index contributed by atoms with van der Waals surface area (Å²) in [5, 5.41) is 11.0. The summed E-state index contributed by atoms with van der Waals surface area (Å²) in [7, 11) is 1.56. The van der Waals surface area contributed by atoms with Crippen molar-refractivity contribution in [3.8, 4) is 11.5 Å². The van der Waals surface area contributed by atoms with E-state index >= 15 is 0 Å². The summed E-state index contributed by atoms with van der Waals surface area (Å²) in [4.78, 5) is 2.54. The molecule has 1 aromatic carbocycles. The maximum absolute atomic E-state index is 10.3. The summed E-state index contributed by atoms with van der Waals surface area (Å²) in [6.07, 6.45) is 8.01. The standard InChI is InChI=1S/C17H24ClNO2/c1-21-16-10-14(18)9-13(17(16)20)11-19-8-4-6-12-5-2-3-7-15(12)19/h9-10,12,15,20H,2-8,11H2,1H3. The van der Waals surface area contributed by atoms with Gasteiger partial charge in [0.15, 0.2) is 11.5 Å². The largest absolute Gasteiger partial charge is 0.504 e. The molecule has 2 atom stereocenters. The molecule has 0 bridgehead atoms. The highest BCUT2D eigenvalue weighted by Crippen LogP contribution is 2.39. The lowest BCUT2D eigenvalue weighted by Crippen LogP contribution is -2.46. The molecule has 2 unspecified atom stereocenters. The second-order valence-corrected chi connectivity index (χ2v) is 6.78. The van der Waals surface area contributed by atoms with Crippen LogP contribution in [0, 0.1) is 5.92 Å². The average molecular weight is 310 g/mol. The Labute approximate surface area is 131 Å².